The van der Waals surface area contributed by atoms with Crippen LogP contribution in [0.2, 0.25) is 0 Å². The summed E-state index contributed by atoms with van der Waals surface area (Å²) in [6, 6.07) is 1.62. The van der Waals surface area contributed by atoms with E-state index in [1.807, 2.05) is 4.90 Å². The minimum absolute atomic E-state index is 0.0189. The fraction of sp³-hybridized carbons (Fsp3) is 0.357. The molecule has 0 radical (unpaired) electrons. The summed E-state index contributed by atoms with van der Waals surface area (Å²) in [6.07, 6.45) is -2.01. The predicted octanol–water partition coefficient (Wildman–Crippen LogP) is 1.33. The van der Waals surface area contributed by atoms with Crippen molar-refractivity contribution in [3.05, 3.63) is 34.0 Å². The second-order valence-corrected chi connectivity index (χ2v) is 6.55. The summed E-state index contributed by atoms with van der Waals surface area (Å²) in [4.78, 5) is 22.9. The summed E-state index contributed by atoms with van der Waals surface area (Å²) in [5.41, 5.74) is -0.596. The van der Waals surface area contributed by atoms with Gasteiger partial charge in [-0.15, -0.1) is 10.2 Å². The smallest absolute Gasteiger partial charge is 0.378 e. The van der Waals surface area contributed by atoms with Crippen LogP contribution in [0.15, 0.2) is 23.4 Å². The van der Waals surface area contributed by atoms with Gasteiger partial charge in [-0.2, -0.15) is 13.2 Å². The number of halogens is 3. The quantitative estimate of drug-likeness (QED) is 0.709. The van der Waals surface area contributed by atoms with Gasteiger partial charge in [0.2, 0.25) is 5.01 Å². The van der Waals surface area contributed by atoms with Gasteiger partial charge in [-0.25, -0.2) is 14.6 Å². The van der Waals surface area contributed by atoms with Crippen molar-refractivity contribution in [1.82, 2.24) is 29.9 Å². The van der Waals surface area contributed by atoms with Crippen LogP contribution in [0.25, 0.3) is 16.4 Å². The zero-order valence-electron chi connectivity index (χ0n) is 13.6. The molecule has 1 aliphatic heterocycles. The Bertz CT molecular complexity index is 1010. The maximum Gasteiger partial charge on any atom is 0.445 e. The van der Waals surface area contributed by atoms with Crippen LogP contribution in [0.4, 0.5) is 19.0 Å². The van der Waals surface area contributed by atoms with Gasteiger partial charge in [0.15, 0.2) is 10.8 Å². The average Bonchev–Trinajstić information content (AvgIpc) is 3.29. The molecule has 0 spiro atoms. The fourth-order valence-corrected chi connectivity index (χ4v) is 3.28. The van der Waals surface area contributed by atoms with E-state index in [0.29, 0.717) is 43.5 Å². The number of nitrogens with zero attached hydrogens (tertiary/aromatic N) is 6. The minimum Gasteiger partial charge on any atom is -0.378 e. The second kappa shape index (κ2) is 6.74. The lowest BCUT2D eigenvalue weighted by Gasteiger charge is -2.27. The van der Waals surface area contributed by atoms with Crippen molar-refractivity contribution in [3.8, 4) is 16.4 Å². The highest BCUT2D eigenvalue weighted by Crippen LogP contribution is 2.33. The Morgan fingerprint density at radius 3 is 2.59 bits per heavy atom. The molecule has 0 saturated carbocycles. The first-order valence-electron chi connectivity index (χ1n) is 7.80. The molecule has 0 aliphatic carbocycles. The molecule has 0 unspecified atom stereocenters. The van der Waals surface area contributed by atoms with Gasteiger partial charge in [0.25, 0.3) is 5.56 Å². The summed E-state index contributed by atoms with van der Waals surface area (Å²) < 4.78 is 44.5. The standard InChI is InChI=1S/C14H12F3N7O2S/c15-14(16,17)13-22-21-11(27-13)8-6-20-24(12(8)25)10-5-9(18-7-19-10)23-1-3-26-4-2-23/h5-7,20H,1-4H2. The van der Waals surface area contributed by atoms with Crippen LogP contribution in [0, 0.1) is 0 Å². The van der Waals surface area contributed by atoms with Crippen molar-refractivity contribution < 1.29 is 17.9 Å². The number of rotatable bonds is 3. The van der Waals surface area contributed by atoms with Gasteiger partial charge >= 0.3 is 6.18 Å². The van der Waals surface area contributed by atoms with E-state index in [1.165, 1.54) is 12.5 Å². The molecule has 0 atom stereocenters. The largest absolute Gasteiger partial charge is 0.445 e. The molecule has 1 fully saturated rings. The van der Waals surface area contributed by atoms with E-state index in [2.05, 4.69) is 25.3 Å². The maximum atomic E-state index is 12.7. The van der Waals surface area contributed by atoms with Crippen LogP contribution >= 0.6 is 11.3 Å². The normalized spacial score (nSPS) is 15.3. The highest BCUT2D eigenvalue weighted by Gasteiger charge is 2.36. The third-order valence-corrected chi connectivity index (χ3v) is 4.87. The van der Waals surface area contributed by atoms with Crippen molar-refractivity contribution in [2.24, 2.45) is 0 Å². The van der Waals surface area contributed by atoms with E-state index >= 15 is 0 Å². The zero-order valence-corrected chi connectivity index (χ0v) is 14.4. The van der Waals surface area contributed by atoms with Crippen LogP contribution in [-0.4, -0.2) is 56.2 Å². The van der Waals surface area contributed by atoms with E-state index in [-0.39, 0.29) is 16.4 Å². The Kier molecular flexibility index (Phi) is 4.39. The lowest BCUT2D eigenvalue weighted by Crippen LogP contribution is -2.36. The highest BCUT2D eigenvalue weighted by molar-refractivity contribution is 7.14. The second-order valence-electron chi connectivity index (χ2n) is 5.57. The Morgan fingerprint density at radius 1 is 1.15 bits per heavy atom. The Labute approximate surface area is 153 Å². The Balaban J connectivity index is 1.66. The molecule has 1 aliphatic rings. The molecule has 0 aromatic carbocycles. The molecule has 142 valence electrons. The van der Waals surface area contributed by atoms with E-state index in [9.17, 15) is 18.0 Å². The number of hydrogen-bond acceptors (Lipinski definition) is 8. The SMILES string of the molecule is O=c1c(-c2nnc(C(F)(F)F)s2)c[nH]n1-c1cc(N2CCOCC2)ncn1. The molecule has 4 heterocycles. The summed E-state index contributed by atoms with van der Waals surface area (Å²) in [5, 5.41) is 8.04. The molecular weight excluding hydrogens is 387 g/mol. The molecule has 1 saturated heterocycles. The van der Waals surface area contributed by atoms with E-state index in [4.69, 9.17) is 4.74 Å². The zero-order chi connectivity index (χ0) is 19.0. The van der Waals surface area contributed by atoms with Crippen LogP contribution < -0.4 is 10.5 Å². The number of hydrogen-bond donors (Lipinski definition) is 1. The van der Waals surface area contributed by atoms with Crippen LogP contribution in [0.5, 0.6) is 0 Å². The fourth-order valence-electron chi connectivity index (χ4n) is 2.56. The monoisotopic (exact) mass is 399 g/mol. The lowest BCUT2D eigenvalue weighted by molar-refractivity contribution is -0.138. The molecule has 27 heavy (non-hydrogen) atoms. The van der Waals surface area contributed by atoms with Gasteiger partial charge in [0.1, 0.15) is 12.1 Å². The Hall–Kier alpha value is -2.80. The molecule has 0 amide bonds. The number of aromatic nitrogens is 6. The van der Waals surface area contributed by atoms with Crippen molar-refractivity contribution in [2.45, 2.75) is 6.18 Å². The topological polar surface area (TPSA) is 102 Å². The molecule has 3 aromatic rings. The number of anilines is 1. The van der Waals surface area contributed by atoms with Gasteiger partial charge in [-0.05, 0) is 0 Å². The predicted molar refractivity (Wildman–Crippen MR) is 88.9 cm³/mol. The van der Waals surface area contributed by atoms with Gasteiger partial charge in [-0.3, -0.25) is 9.89 Å². The molecule has 3 aromatic heterocycles. The van der Waals surface area contributed by atoms with Gasteiger partial charge in [0, 0.05) is 25.4 Å². The van der Waals surface area contributed by atoms with Crippen LogP contribution in [0.1, 0.15) is 5.01 Å². The molecular formula is C14H12F3N7O2S. The summed E-state index contributed by atoms with van der Waals surface area (Å²) in [5.74, 6) is 0.893. The summed E-state index contributed by atoms with van der Waals surface area (Å²) in [6.45, 7) is 2.47. The number of aromatic amines is 1. The number of nitrogens with one attached hydrogen (secondary N) is 1. The number of ether oxygens (including phenoxy) is 1. The minimum atomic E-state index is -4.61. The lowest BCUT2D eigenvalue weighted by atomic mass is 10.4. The average molecular weight is 399 g/mol. The molecule has 13 heteroatoms. The summed E-state index contributed by atoms with van der Waals surface area (Å²) in [7, 11) is 0. The van der Waals surface area contributed by atoms with Crippen molar-refractivity contribution in [3.63, 3.8) is 0 Å². The molecule has 0 bridgehead atoms. The molecule has 1 N–H and O–H groups in total. The first-order valence-corrected chi connectivity index (χ1v) is 8.62. The molecule has 4 rings (SSSR count). The number of morpholine rings is 1. The first kappa shape index (κ1) is 17.6. The highest BCUT2D eigenvalue weighted by atomic mass is 32.1. The Morgan fingerprint density at radius 2 is 1.89 bits per heavy atom. The third-order valence-electron chi connectivity index (χ3n) is 3.87. The summed E-state index contributed by atoms with van der Waals surface area (Å²) >= 11 is 0.306. The van der Waals surface area contributed by atoms with E-state index in [0.717, 1.165) is 4.68 Å². The first-order chi connectivity index (χ1) is 12.9. The molecule has 9 nitrogen and oxygen atoms in total. The van der Waals surface area contributed by atoms with Crippen molar-refractivity contribution in [1.29, 1.82) is 0 Å². The number of H-pyrrole nitrogens is 1. The van der Waals surface area contributed by atoms with Crippen LogP contribution in [0.3, 0.4) is 0 Å². The van der Waals surface area contributed by atoms with Crippen LogP contribution in [-0.2, 0) is 10.9 Å². The van der Waals surface area contributed by atoms with Crippen molar-refractivity contribution in [2.75, 3.05) is 31.2 Å². The maximum absolute atomic E-state index is 12.7. The number of alkyl halides is 3. The van der Waals surface area contributed by atoms with Gasteiger partial charge in [-0.1, -0.05) is 11.3 Å². The van der Waals surface area contributed by atoms with Gasteiger partial charge in [0.05, 0.1) is 18.8 Å². The van der Waals surface area contributed by atoms with Crippen molar-refractivity contribution >= 4 is 17.2 Å². The van der Waals surface area contributed by atoms with E-state index < -0.39 is 16.7 Å². The third kappa shape index (κ3) is 3.42. The van der Waals surface area contributed by atoms with Gasteiger partial charge < -0.3 is 9.64 Å². The van der Waals surface area contributed by atoms with E-state index in [1.54, 1.807) is 6.07 Å².